The molecule has 282 valence electrons. The number of ether oxygens (including phenoxy) is 4. The maximum atomic E-state index is 17.3. The number of amides is 1. The standard InChI is InChI=1S/C40H48F2N6O5/c1-6-24-9-7-10-25-15-29(52-23-50-5)16-30(32(24)25)34-33(42)35-31(18-43-34)36(45-37(44-35)51-22-40-13-8-14-47(40)19-26(41)17-40)46-20-27-11-12-28(21-46)48(27)38(49)53-39(2,3)4/h7,9-10,15-16,18,26-28H,6,8,11-14,17,19-23H2,1-5H3/t26-,27-,28+,40+/m0/s1. The molecule has 2 aromatic heterocycles. The van der Waals surface area contributed by atoms with E-state index in [1.54, 1.807) is 19.4 Å². The second-order valence-corrected chi connectivity index (χ2v) is 15.9. The van der Waals surface area contributed by atoms with Crippen LogP contribution in [-0.2, 0) is 15.9 Å². The molecule has 6 heterocycles. The Kier molecular flexibility index (Phi) is 9.29. The zero-order valence-corrected chi connectivity index (χ0v) is 31.2. The van der Waals surface area contributed by atoms with Gasteiger partial charge in [0, 0.05) is 44.9 Å². The molecule has 0 saturated carbocycles. The van der Waals surface area contributed by atoms with Gasteiger partial charge < -0.3 is 23.8 Å². The number of nitrogens with zero attached hydrogens (tertiary/aromatic N) is 6. The fourth-order valence-corrected chi connectivity index (χ4v) is 9.02. The zero-order chi connectivity index (χ0) is 37.1. The maximum Gasteiger partial charge on any atom is 0.410 e. The zero-order valence-electron chi connectivity index (χ0n) is 31.2. The van der Waals surface area contributed by atoms with Gasteiger partial charge in [-0.25, -0.2) is 13.6 Å². The van der Waals surface area contributed by atoms with Crippen molar-refractivity contribution in [3.05, 3.63) is 47.9 Å². The molecule has 8 rings (SSSR count). The average molecular weight is 731 g/mol. The van der Waals surface area contributed by atoms with Crippen molar-refractivity contribution in [3.8, 4) is 23.0 Å². The Labute approximate surface area is 308 Å². The van der Waals surface area contributed by atoms with Crippen LogP contribution in [0.4, 0.5) is 19.4 Å². The van der Waals surface area contributed by atoms with E-state index < -0.39 is 23.1 Å². The van der Waals surface area contributed by atoms with Gasteiger partial charge in [0.25, 0.3) is 0 Å². The van der Waals surface area contributed by atoms with Gasteiger partial charge in [0.15, 0.2) is 12.6 Å². The second kappa shape index (κ2) is 13.8. The molecule has 0 spiro atoms. The quantitative estimate of drug-likeness (QED) is 0.166. The van der Waals surface area contributed by atoms with Gasteiger partial charge in [-0.05, 0) is 87.9 Å². The summed E-state index contributed by atoms with van der Waals surface area (Å²) in [5.41, 5.74) is 0.795. The lowest BCUT2D eigenvalue weighted by Gasteiger charge is -2.42. The molecule has 0 N–H and O–H groups in total. The molecule has 0 unspecified atom stereocenters. The van der Waals surface area contributed by atoms with Crippen molar-refractivity contribution < 1.29 is 32.5 Å². The van der Waals surface area contributed by atoms with Gasteiger partial charge in [0.05, 0.1) is 23.0 Å². The summed E-state index contributed by atoms with van der Waals surface area (Å²) in [6, 6.07) is 9.54. The number of anilines is 1. The maximum absolute atomic E-state index is 17.3. The fourth-order valence-electron chi connectivity index (χ4n) is 9.02. The molecule has 11 nitrogen and oxygen atoms in total. The number of aromatic nitrogens is 3. The molecule has 4 atom stereocenters. The molecule has 13 heteroatoms. The summed E-state index contributed by atoms with van der Waals surface area (Å²) >= 11 is 0. The molecule has 4 aliphatic heterocycles. The molecular formula is C40H48F2N6O5. The molecule has 0 aliphatic carbocycles. The van der Waals surface area contributed by atoms with Crippen molar-refractivity contribution in [2.75, 3.05) is 51.6 Å². The van der Waals surface area contributed by atoms with Crippen LogP contribution in [0.15, 0.2) is 36.5 Å². The Hall–Kier alpha value is -4.36. The van der Waals surface area contributed by atoms with E-state index in [1.165, 1.54) is 0 Å². The van der Waals surface area contributed by atoms with Crippen LogP contribution in [0.25, 0.3) is 32.9 Å². The highest BCUT2D eigenvalue weighted by atomic mass is 19.1. The number of halogens is 2. The minimum absolute atomic E-state index is 0.0327. The van der Waals surface area contributed by atoms with E-state index in [1.807, 2.05) is 49.9 Å². The number of carbonyl (C=O) groups is 1. The van der Waals surface area contributed by atoms with Crippen LogP contribution in [-0.4, -0.2) is 107 Å². The van der Waals surface area contributed by atoms with Crippen LogP contribution in [0, 0.1) is 5.82 Å². The van der Waals surface area contributed by atoms with E-state index in [4.69, 9.17) is 33.9 Å². The molecular weight excluding hydrogens is 682 g/mol. The van der Waals surface area contributed by atoms with Crippen molar-refractivity contribution in [2.45, 2.75) is 95.6 Å². The van der Waals surface area contributed by atoms with Crippen LogP contribution in [0.5, 0.6) is 11.8 Å². The number of alkyl halides is 1. The number of hydrogen-bond donors (Lipinski definition) is 0. The summed E-state index contributed by atoms with van der Waals surface area (Å²) in [4.78, 5) is 33.8. The van der Waals surface area contributed by atoms with E-state index in [0.29, 0.717) is 48.6 Å². The predicted octanol–water partition coefficient (Wildman–Crippen LogP) is 7.07. The first-order chi connectivity index (χ1) is 25.5. The smallest absolute Gasteiger partial charge is 0.410 e. The molecule has 2 bridgehead atoms. The Morgan fingerprint density at radius 1 is 1.08 bits per heavy atom. The molecule has 2 aromatic carbocycles. The minimum atomic E-state index is -0.915. The van der Waals surface area contributed by atoms with Crippen LogP contribution in [0.3, 0.4) is 0 Å². The van der Waals surface area contributed by atoms with E-state index in [0.717, 1.165) is 55.0 Å². The lowest BCUT2D eigenvalue weighted by Crippen LogP contribution is -2.57. The van der Waals surface area contributed by atoms with Crippen LogP contribution in [0.2, 0.25) is 0 Å². The highest BCUT2D eigenvalue weighted by molar-refractivity contribution is 6.01. The normalized spacial score (nSPS) is 24.3. The topological polar surface area (TPSA) is 102 Å². The monoisotopic (exact) mass is 730 g/mol. The predicted molar refractivity (Wildman–Crippen MR) is 198 cm³/mol. The van der Waals surface area contributed by atoms with Crippen LogP contribution in [0.1, 0.15) is 65.4 Å². The SMILES string of the molecule is CCc1cccc2cc(OCOC)cc(-c3ncc4c(N5C[C@H]6CC[C@@H](C5)N6C(=O)OC(C)(C)C)nc(OC[C@]56CCCN5C[C@@H](F)C6)nc4c3F)c12. The highest BCUT2D eigenvalue weighted by Crippen LogP contribution is 2.43. The first-order valence-corrected chi connectivity index (χ1v) is 18.8. The Morgan fingerprint density at radius 2 is 1.87 bits per heavy atom. The van der Waals surface area contributed by atoms with E-state index in [-0.39, 0.29) is 48.8 Å². The lowest BCUT2D eigenvalue weighted by molar-refractivity contribution is 0.0122. The van der Waals surface area contributed by atoms with E-state index in [2.05, 4.69) is 16.7 Å². The summed E-state index contributed by atoms with van der Waals surface area (Å²) in [6.07, 6.45) is 4.95. The average Bonchev–Trinajstić information content (AvgIpc) is 3.75. The highest BCUT2D eigenvalue weighted by Gasteiger charge is 2.50. The Bertz CT molecular complexity index is 2030. The van der Waals surface area contributed by atoms with Gasteiger partial charge in [-0.1, -0.05) is 25.1 Å². The Morgan fingerprint density at radius 3 is 2.60 bits per heavy atom. The van der Waals surface area contributed by atoms with Crippen molar-refractivity contribution in [1.29, 1.82) is 0 Å². The number of carbonyl (C=O) groups excluding carboxylic acids is 1. The summed E-state index contributed by atoms with van der Waals surface area (Å²) in [5, 5.41) is 2.22. The Balaban J connectivity index is 1.22. The minimum Gasteiger partial charge on any atom is -0.468 e. The number of methoxy groups -OCH3 is 1. The number of benzene rings is 2. The molecule has 4 fully saturated rings. The third-order valence-electron chi connectivity index (χ3n) is 11.3. The number of fused-ring (bicyclic) bond motifs is 5. The molecule has 53 heavy (non-hydrogen) atoms. The summed E-state index contributed by atoms with van der Waals surface area (Å²) in [5.74, 6) is 0.418. The van der Waals surface area contributed by atoms with Crippen molar-refractivity contribution in [2.24, 2.45) is 0 Å². The third kappa shape index (κ3) is 6.60. The summed E-state index contributed by atoms with van der Waals surface area (Å²) in [7, 11) is 1.55. The van der Waals surface area contributed by atoms with Crippen LogP contribution < -0.4 is 14.4 Å². The number of piperazine rings is 1. The molecule has 4 aliphatic rings. The van der Waals surface area contributed by atoms with Gasteiger partial charge in [-0.3, -0.25) is 14.8 Å². The number of rotatable bonds is 9. The first-order valence-electron chi connectivity index (χ1n) is 18.8. The summed E-state index contributed by atoms with van der Waals surface area (Å²) < 4.78 is 55.1. The van der Waals surface area contributed by atoms with Crippen LogP contribution >= 0.6 is 0 Å². The molecule has 1 amide bonds. The first kappa shape index (κ1) is 35.7. The number of pyridine rings is 1. The second-order valence-electron chi connectivity index (χ2n) is 15.9. The lowest BCUT2D eigenvalue weighted by atomic mass is 9.95. The third-order valence-corrected chi connectivity index (χ3v) is 11.3. The number of hydrogen-bond acceptors (Lipinski definition) is 10. The van der Waals surface area contributed by atoms with Gasteiger partial charge in [-0.2, -0.15) is 9.97 Å². The van der Waals surface area contributed by atoms with Crippen molar-refractivity contribution in [1.82, 2.24) is 24.8 Å². The fraction of sp³-hybridized carbons (Fsp3) is 0.550. The largest absolute Gasteiger partial charge is 0.468 e. The van der Waals surface area contributed by atoms with Crippen molar-refractivity contribution in [3.63, 3.8) is 0 Å². The van der Waals surface area contributed by atoms with Gasteiger partial charge in [0.2, 0.25) is 0 Å². The molecule has 0 radical (unpaired) electrons. The molecule has 4 saturated heterocycles. The van der Waals surface area contributed by atoms with Gasteiger partial charge >= 0.3 is 12.1 Å². The van der Waals surface area contributed by atoms with Crippen molar-refractivity contribution >= 4 is 33.6 Å². The van der Waals surface area contributed by atoms with Gasteiger partial charge in [0.1, 0.15) is 41.2 Å². The number of aryl methyl sites for hydroxylation is 1. The van der Waals surface area contributed by atoms with E-state index in [9.17, 15) is 9.18 Å². The van der Waals surface area contributed by atoms with E-state index >= 15 is 4.39 Å². The molecule has 4 aromatic rings. The van der Waals surface area contributed by atoms with Gasteiger partial charge in [-0.15, -0.1) is 0 Å². The summed E-state index contributed by atoms with van der Waals surface area (Å²) in [6.45, 7) is 10.1.